The van der Waals surface area contributed by atoms with E-state index in [2.05, 4.69) is 21.0 Å². The van der Waals surface area contributed by atoms with Crippen LogP contribution in [0.5, 0.6) is 5.75 Å². The number of nitrogens with zero attached hydrogens (tertiary/aromatic N) is 2. The van der Waals surface area contributed by atoms with Gasteiger partial charge in [-0.15, -0.1) is 0 Å². The fourth-order valence-electron chi connectivity index (χ4n) is 4.41. The Balaban J connectivity index is 1.52. The van der Waals surface area contributed by atoms with Crippen LogP contribution in [0.4, 0.5) is 17.2 Å². The zero-order valence-corrected chi connectivity index (χ0v) is 21.8. The van der Waals surface area contributed by atoms with Crippen LogP contribution in [0, 0.1) is 6.92 Å². The van der Waals surface area contributed by atoms with Gasteiger partial charge in [-0.2, -0.15) is 5.10 Å². The number of aromatic nitrogens is 2. The molecule has 3 aromatic carbocycles. The summed E-state index contributed by atoms with van der Waals surface area (Å²) in [6, 6.07) is 21.3. The van der Waals surface area contributed by atoms with Crippen LogP contribution >= 0.6 is 11.6 Å². The maximum atomic E-state index is 13.6. The number of carbonyl (C=O) groups excluding carboxylic acids is 2. The van der Waals surface area contributed by atoms with Crippen molar-refractivity contribution < 1.29 is 14.3 Å². The first kappa shape index (κ1) is 25.1. The lowest BCUT2D eigenvalue weighted by atomic mass is 9.94. The van der Waals surface area contributed by atoms with Gasteiger partial charge in [0.2, 0.25) is 0 Å². The first-order chi connectivity index (χ1) is 18.3. The van der Waals surface area contributed by atoms with Crippen LogP contribution < -0.4 is 20.7 Å². The van der Waals surface area contributed by atoms with E-state index in [0.717, 1.165) is 11.1 Å². The standard InChI is InChI=1S/C29H26ClN5O3/c1-17-7-9-21(10-8-17)33-28(36)24-16-31-35-26(19-5-4-6-20(30)15-19)25(18(2)32-27(24)35)29(37)34-22-11-13-23(38-3)14-12-22/h4-16,26,32H,1-3H3,(H,33,36)(H,34,37). The van der Waals surface area contributed by atoms with Gasteiger partial charge in [0.25, 0.3) is 11.8 Å². The number of ether oxygens (including phenoxy) is 1. The van der Waals surface area contributed by atoms with Crippen molar-refractivity contribution >= 4 is 40.6 Å². The minimum Gasteiger partial charge on any atom is -0.497 e. The quantitative estimate of drug-likeness (QED) is 0.284. The second kappa shape index (κ2) is 10.4. The summed E-state index contributed by atoms with van der Waals surface area (Å²) in [5.41, 5.74) is 4.54. The van der Waals surface area contributed by atoms with Crippen LogP contribution in [0.1, 0.15) is 34.5 Å². The summed E-state index contributed by atoms with van der Waals surface area (Å²) in [6.07, 6.45) is 1.50. The molecule has 0 bridgehead atoms. The van der Waals surface area contributed by atoms with E-state index < -0.39 is 6.04 Å². The van der Waals surface area contributed by atoms with Crippen molar-refractivity contribution in [3.8, 4) is 5.75 Å². The van der Waals surface area contributed by atoms with Crippen molar-refractivity contribution in [1.82, 2.24) is 9.78 Å². The van der Waals surface area contributed by atoms with Crippen LogP contribution in [0.15, 0.2) is 90.3 Å². The molecule has 0 saturated carbocycles. The third-order valence-electron chi connectivity index (χ3n) is 6.33. The summed E-state index contributed by atoms with van der Waals surface area (Å²) in [4.78, 5) is 26.8. The lowest BCUT2D eigenvalue weighted by Gasteiger charge is -2.30. The Morgan fingerprint density at radius 1 is 0.947 bits per heavy atom. The van der Waals surface area contributed by atoms with E-state index in [1.54, 1.807) is 55.1 Å². The Hall–Kier alpha value is -4.56. The molecule has 1 atom stereocenters. The molecule has 1 aromatic heterocycles. The van der Waals surface area contributed by atoms with Gasteiger partial charge < -0.3 is 20.7 Å². The monoisotopic (exact) mass is 527 g/mol. The molecular formula is C29H26ClN5O3. The molecule has 2 amide bonds. The molecule has 9 heteroatoms. The van der Waals surface area contributed by atoms with Gasteiger partial charge in [0.05, 0.1) is 18.9 Å². The van der Waals surface area contributed by atoms with Gasteiger partial charge in [0, 0.05) is 22.1 Å². The minimum absolute atomic E-state index is 0.308. The fraction of sp³-hybridized carbons (Fsp3) is 0.138. The molecule has 1 unspecified atom stereocenters. The highest BCUT2D eigenvalue weighted by atomic mass is 35.5. The number of hydrogen-bond acceptors (Lipinski definition) is 5. The van der Waals surface area contributed by atoms with Gasteiger partial charge in [0.1, 0.15) is 23.2 Å². The average Bonchev–Trinajstić information content (AvgIpc) is 3.33. The number of hydrogen-bond donors (Lipinski definition) is 3. The SMILES string of the molecule is COc1ccc(NC(=O)C2=C(C)Nc3c(C(=O)Nc4ccc(C)cc4)cnn3C2c2cccc(Cl)c2)cc1. The molecule has 1 aliphatic rings. The molecule has 0 aliphatic carbocycles. The highest BCUT2D eigenvalue weighted by molar-refractivity contribution is 6.30. The average molecular weight is 528 g/mol. The maximum Gasteiger partial charge on any atom is 0.261 e. The molecule has 3 N–H and O–H groups in total. The molecule has 1 aliphatic heterocycles. The van der Waals surface area contributed by atoms with Crippen molar-refractivity contribution in [2.75, 3.05) is 23.1 Å². The molecule has 0 spiro atoms. The second-order valence-corrected chi connectivity index (χ2v) is 9.41. The Kier molecular flexibility index (Phi) is 6.89. The smallest absolute Gasteiger partial charge is 0.261 e. The van der Waals surface area contributed by atoms with E-state index in [1.807, 2.05) is 43.3 Å². The van der Waals surface area contributed by atoms with E-state index in [4.69, 9.17) is 16.3 Å². The number of aryl methyl sites for hydroxylation is 1. The van der Waals surface area contributed by atoms with E-state index in [1.165, 1.54) is 6.20 Å². The number of carbonyl (C=O) groups is 2. The summed E-state index contributed by atoms with van der Waals surface area (Å²) in [7, 11) is 1.59. The second-order valence-electron chi connectivity index (χ2n) is 8.98. The van der Waals surface area contributed by atoms with Crippen LogP contribution in [-0.2, 0) is 4.79 Å². The van der Waals surface area contributed by atoms with Crippen LogP contribution in [0.25, 0.3) is 0 Å². The number of benzene rings is 3. The Labute approximate surface area is 225 Å². The largest absolute Gasteiger partial charge is 0.497 e. The lowest BCUT2D eigenvalue weighted by molar-refractivity contribution is -0.113. The Morgan fingerprint density at radius 3 is 2.26 bits per heavy atom. The minimum atomic E-state index is -0.621. The van der Waals surface area contributed by atoms with Crippen LogP contribution in [0.2, 0.25) is 5.02 Å². The topological polar surface area (TPSA) is 97.3 Å². The molecule has 8 nitrogen and oxygen atoms in total. The van der Waals surface area contributed by atoms with E-state index in [9.17, 15) is 9.59 Å². The third kappa shape index (κ3) is 4.99. The van der Waals surface area contributed by atoms with Gasteiger partial charge in [-0.05, 0) is 67.9 Å². The van der Waals surface area contributed by atoms with Crippen molar-refractivity contribution in [2.45, 2.75) is 19.9 Å². The molecule has 2 heterocycles. The van der Waals surface area contributed by atoms with Crippen molar-refractivity contribution in [1.29, 1.82) is 0 Å². The van der Waals surface area contributed by atoms with Crippen LogP contribution in [0.3, 0.4) is 0 Å². The number of methoxy groups -OCH3 is 1. The van der Waals surface area contributed by atoms with Crippen molar-refractivity contribution in [3.05, 3.63) is 112 Å². The van der Waals surface area contributed by atoms with Gasteiger partial charge in [0.15, 0.2) is 0 Å². The van der Waals surface area contributed by atoms with Gasteiger partial charge in [-0.1, -0.05) is 41.4 Å². The summed E-state index contributed by atoms with van der Waals surface area (Å²) < 4.78 is 6.85. The maximum absolute atomic E-state index is 13.6. The van der Waals surface area contributed by atoms with Gasteiger partial charge in [-0.25, -0.2) is 4.68 Å². The molecule has 192 valence electrons. The number of amides is 2. The zero-order chi connectivity index (χ0) is 26.8. The van der Waals surface area contributed by atoms with Gasteiger partial charge in [-0.3, -0.25) is 9.59 Å². The molecule has 0 fully saturated rings. The summed E-state index contributed by atoms with van der Waals surface area (Å²) in [6.45, 7) is 3.79. The number of anilines is 3. The first-order valence-corrected chi connectivity index (χ1v) is 12.4. The van der Waals surface area contributed by atoms with E-state index in [-0.39, 0.29) is 11.8 Å². The first-order valence-electron chi connectivity index (χ1n) is 12.0. The Morgan fingerprint density at radius 2 is 1.61 bits per heavy atom. The molecule has 38 heavy (non-hydrogen) atoms. The molecule has 5 rings (SSSR count). The third-order valence-corrected chi connectivity index (χ3v) is 6.57. The number of rotatable bonds is 6. The lowest BCUT2D eigenvalue weighted by Crippen LogP contribution is -2.32. The predicted molar refractivity (Wildman–Crippen MR) is 149 cm³/mol. The highest BCUT2D eigenvalue weighted by Gasteiger charge is 2.35. The zero-order valence-electron chi connectivity index (χ0n) is 21.1. The highest BCUT2D eigenvalue weighted by Crippen LogP contribution is 2.38. The van der Waals surface area contributed by atoms with Crippen molar-refractivity contribution in [2.24, 2.45) is 0 Å². The number of fused-ring (bicyclic) bond motifs is 1. The van der Waals surface area contributed by atoms with Crippen LogP contribution in [-0.4, -0.2) is 28.7 Å². The normalized spacial score (nSPS) is 14.4. The molecule has 4 aromatic rings. The summed E-state index contributed by atoms with van der Waals surface area (Å²) in [5, 5.41) is 14.2. The number of allylic oxidation sites excluding steroid dienone is 1. The van der Waals surface area contributed by atoms with E-state index in [0.29, 0.717) is 44.8 Å². The summed E-state index contributed by atoms with van der Waals surface area (Å²) in [5.74, 6) is 0.550. The predicted octanol–water partition coefficient (Wildman–Crippen LogP) is 6.03. The Bertz CT molecular complexity index is 1540. The number of nitrogens with one attached hydrogen (secondary N) is 3. The molecule has 0 saturated heterocycles. The van der Waals surface area contributed by atoms with Crippen molar-refractivity contribution in [3.63, 3.8) is 0 Å². The fourth-order valence-corrected chi connectivity index (χ4v) is 4.61. The molecule has 0 radical (unpaired) electrons. The molecular weight excluding hydrogens is 502 g/mol. The van der Waals surface area contributed by atoms with Gasteiger partial charge >= 0.3 is 0 Å². The van der Waals surface area contributed by atoms with E-state index >= 15 is 0 Å². The number of halogens is 1. The summed E-state index contributed by atoms with van der Waals surface area (Å²) >= 11 is 6.33.